The number of hydrogen-bond acceptors (Lipinski definition) is 0. The summed E-state index contributed by atoms with van der Waals surface area (Å²) in [5.74, 6) is 2.34. The fourth-order valence-corrected chi connectivity index (χ4v) is 6.64. The zero-order valence-electron chi connectivity index (χ0n) is 28.2. The highest BCUT2D eigenvalue weighted by Gasteiger charge is 2.27. The van der Waals surface area contributed by atoms with Crippen molar-refractivity contribution in [3.05, 3.63) is 83.1 Å². The van der Waals surface area contributed by atoms with Gasteiger partial charge in [-0.15, -0.1) is 0 Å². The molecule has 0 nitrogen and oxygen atoms in total. The Morgan fingerprint density at radius 3 is 1.62 bits per heavy atom. The molecular formula is C40H64. The minimum Gasteiger partial charge on any atom is -0.0874 e. The largest absolute Gasteiger partial charge is 0.0874 e. The first-order valence-electron chi connectivity index (χ1n) is 16.6. The molecule has 4 unspecified atom stereocenters. The zero-order chi connectivity index (χ0) is 29.8. The maximum absolute atomic E-state index is 2.47. The Hall–Kier alpha value is -1.82. The van der Waals surface area contributed by atoms with E-state index < -0.39 is 0 Å². The molecule has 0 heteroatoms. The summed E-state index contributed by atoms with van der Waals surface area (Å²) in [5.41, 5.74) is 7.01. The smallest absolute Gasteiger partial charge is 0.00787 e. The molecule has 0 spiro atoms. The average Bonchev–Trinajstić information content (AvgIpc) is 2.85. The zero-order valence-corrected chi connectivity index (χ0v) is 28.2. The molecule has 0 aromatic carbocycles. The molecule has 2 aliphatic carbocycles. The Bertz CT molecular complexity index is 983. The molecule has 0 amide bonds. The molecule has 0 saturated heterocycles. The van der Waals surface area contributed by atoms with Crippen LogP contribution in [0.15, 0.2) is 83.1 Å². The van der Waals surface area contributed by atoms with Crippen LogP contribution in [0.4, 0.5) is 0 Å². The summed E-state index contributed by atoms with van der Waals surface area (Å²) in [6.45, 7) is 23.6. The second-order valence-electron chi connectivity index (χ2n) is 14.7. The van der Waals surface area contributed by atoms with Crippen LogP contribution in [0.2, 0.25) is 0 Å². The lowest BCUT2D eigenvalue weighted by Crippen LogP contribution is -2.19. The van der Waals surface area contributed by atoms with Gasteiger partial charge >= 0.3 is 0 Å². The van der Waals surface area contributed by atoms with E-state index in [-0.39, 0.29) is 0 Å². The van der Waals surface area contributed by atoms with E-state index >= 15 is 0 Å². The molecule has 0 aromatic heterocycles. The summed E-state index contributed by atoms with van der Waals surface area (Å²) in [6, 6.07) is 0. The van der Waals surface area contributed by atoms with Crippen LogP contribution in [0, 0.1) is 34.5 Å². The van der Waals surface area contributed by atoms with Crippen LogP contribution in [0.5, 0.6) is 0 Å². The second kappa shape index (κ2) is 16.6. The molecule has 0 N–H and O–H groups in total. The molecule has 2 rings (SSSR count). The molecule has 0 bridgehead atoms. The van der Waals surface area contributed by atoms with E-state index in [1.807, 2.05) is 0 Å². The third kappa shape index (κ3) is 12.0. The van der Waals surface area contributed by atoms with Gasteiger partial charge < -0.3 is 0 Å². The van der Waals surface area contributed by atoms with Crippen LogP contribution in [-0.2, 0) is 0 Å². The van der Waals surface area contributed by atoms with Gasteiger partial charge in [0.25, 0.3) is 0 Å². The Balaban J connectivity index is 1.68. The first kappa shape index (κ1) is 34.4. The van der Waals surface area contributed by atoms with Crippen LogP contribution in [0.1, 0.15) is 133 Å². The lowest BCUT2D eigenvalue weighted by atomic mass is 9.72. The first-order valence-corrected chi connectivity index (χ1v) is 16.6. The quantitative estimate of drug-likeness (QED) is 0.151. The van der Waals surface area contributed by atoms with E-state index in [1.54, 1.807) is 22.3 Å². The Labute approximate surface area is 250 Å². The second-order valence-corrected chi connectivity index (χ2v) is 14.7. The van der Waals surface area contributed by atoms with Gasteiger partial charge in [0.1, 0.15) is 0 Å². The molecule has 0 fully saturated rings. The summed E-state index contributed by atoms with van der Waals surface area (Å²) in [6.07, 6.45) is 36.5. The minimum atomic E-state index is 0.325. The van der Waals surface area contributed by atoms with Gasteiger partial charge in [-0.05, 0) is 117 Å². The van der Waals surface area contributed by atoms with Crippen LogP contribution < -0.4 is 0 Å². The maximum Gasteiger partial charge on any atom is -0.00787 e. The molecule has 0 radical (unpaired) electrons. The van der Waals surface area contributed by atoms with E-state index in [1.165, 1.54) is 57.8 Å². The topological polar surface area (TPSA) is 0 Å². The predicted molar refractivity (Wildman–Crippen MR) is 181 cm³/mol. The van der Waals surface area contributed by atoms with Crippen LogP contribution >= 0.6 is 0 Å². The van der Waals surface area contributed by atoms with Gasteiger partial charge in [-0.2, -0.15) is 0 Å². The standard InChI is InChI=1S/C40H64/c1-31(19-13-21-33(3)25-27-37-35(5)23-15-29-39(37,7)8)17-11-12-18-32(2)20-14-22-34(4)26-28-38-36(6)24-16-30-40(38,9)10/h11-13,17-18,21,25-28,31-34H,14-16,19-20,22-24,29-30H2,1-10H3/b17-11+,18-12+,21-13+,27-25+,28-26+. The highest BCUT2D eigenvalue weighted by atomic mass is 14.3. The summed E-state index contributed by atoms with van der Waals surface area (Å²) >= 11 is 0. The number of rotatable bonds is 14. The third-order valence-corrected chi connectivity index (χ3v) is 9.50. The molecule has 2 aliphatic rings. The van der Waals surface area contributed by atoms with E-state index in [4.69, 9.17) is 0 Å². The molecular weight excluding hydrogens is 480 g/mol. The summed E-state index contributed by atoms with van der Waals surface area (Å²) in [5, 5.41) is 0. The average molecular weight is 545 g/mol. The van der Waals surface area contributed by atoms with Crippen LogP contribution in [0.25, 0.3) is 0 Å². The molecule has 4 atom stereocenters. The first-order chi connectivity index (χ1) is 18.8. The highest BCUT2D eigenvalue weighted by Crippen LogP contribution is 2.42. The molecule has 0 aromatic rings. The van der Waals surface area contributed by atoms with E-state index in [9.17, 15) is 0 Å². The normalized spacial score (nSPS) is 23.4. The van der Waals surface area contributed by atoms with Gasteiger partial charge in [-0.1, -0.05) is 134 Å². The van der Waals surface area contributed by atoms with Crippen molar-refractivity contribution < 1.29 is 0 Å². The summed E-state index contributed by atoms with van der Waals surface area (Å²) in [4.78, 5) is 0. The summed E-state index contributed by atoms with van der Waals surface area (Å²) in [7, 11) is 0. The third-order valence-electron chi connectivity index (χ3n) is 9.50. The lowest BCUT2D eigenvalue weighted by Gasteiger charge is -2.33. The van der Waals surface area contributed by atoms with Crippen molar-refractivity contribution in [2.75, 3.05) is 0 Å². The van der Waals surface area contributed by atoms with E-state index in [0.717, 1.165) is 6.42 Å². The Morgan fingerprint density at radius 2 is 1.10 bits per heavy atom. The number of allylic oxidation sites excluding steroid dienone is 14. The number of hydrogen-bond donors (Lipinski definition) is 0. The van der Waals surface area contributed by atoms with Gasteiger partial charge in [0.2, 0.25) is 0 Å². The van der Waals surface area contributed by atoms with Crippen LogP contribution in [0.3, 0.4) is 0 Å². The van der Waals surface area contributed by atoms with Gasteiger partial charge in [0.15, 0.2) is 0 Å². The molecule has 224 valence electrons. The Morgan fingerprint density at radius 1 is 0.625 bits per heavy atom. The fourth-order valence-electron chi connectivity index (χ4n) is 6.64. The molecule has 0 heterocycles. The lowest BCUT2D eigenvalue weighted by molar-refractivity contribution is 0.376. The van der Waals surface area contributed by atoms with Crippen molar-refractivity contribution in [1.29, 1.82) is 0 Å². The molecule has 40 heavy (non-hydrogen) atoms. The van der Waals surface area contributed by atoms with Crippen LogP contribution in [-0.4, -0.2) is 0 Å². The Kier molecular flexibility index (Phi) is 14.3. The van der Waals surface area contributed by atoms with Gasteiger partial charge in [0, 0.05) is 0 Å². The highest BCUT2D eigenvalue weighted by molar-refractivity contribution is 5.34. The summed E-state index contributed by atoms with van der Waals surface area (Å²) < 4.78 is 0. The fraction of sp³-hybridized carbons (Fsp3) is 0.650. The SMILES string of the molecule is CC1=C(/C=C/C(C)/C=C/CC(C)/C=C/C=C/C(C)CCCC(C)/C=C/C2=C(C)CCCC2(C)C)C(C)(C)CCC1. The van der Waals surface area contributed by atoms with Crippen molar-refractivity contribution in [2.45, 2.75) is 133 Å². The van der Waals surface area contributed by atoms with Gasteiger partial charge in [0.05, 0.1) is 0 Å². The van der Waals surface area contributed by atoms with Crippen molar-refractivity contribution in [3.63, 3.8) is 0 Å². The van der Waals surface area contributed by atoms with Crippen molar-refractivity contribution in [1.82, 2.24) is 0 Å². The van der Waals surface area contributed by atoms with Gasteiger partial charge in [-0.25, -0.2) is 0 Å². The monoisotopic (exact) mass is 545 g/mol. The molecule has 0 aliphatic heterocycles. The molecule has 0 saturated carbocycles. The predicted octanol–water partition coefficient (Wildman–Crippen LogP) is 12.9. The minimum absolute atomic E-state index is 0.325. The van der Waals surface area contributed by atoms with Gasteiger partial charge in [-0.3, -0.25) is 0 Å². The van der Waals surface area contributed by atoms with Crippen molar-refractivity contribution in [2.24, 2.45) is 34.5 Å². The van der Waals surface area contributed by atoms with Crippen molar-refractivity contribution in [3.8, 4) is 0 Å². The van der Waals surface area contributed by atoms with E-state index in [0.29, 0.717) is 34.5 Å². The van der Waals surface area contributed by atoms with Crippen molar-refractivity contribution >= 4 is 0 Å². The maximum atomic E-state index is 2.47. The van der Waals surface area contributed by atoms with E-state index in [2.05, 4.69) is 130 Å².